The number of ether oxygens (including phenoxy) is 1. The zero-order valence-corrected chi connectivity index (χ0v) is 14.6. The van der Waals surface area contributed by atoms with Crippen molar-refractivity contribution in [2.24, 2.45) is 0 Å². The van der Waals surface area contributed by atoms with E-state index in [2.05, 4.69) is 9.97 Å². The van der Waals surface area contributed by atoms with Crippen LogP contribution >= 0.6 is 0 Å². The highest BCUT2D eigenvalue weighted by Crippen LogP contribution is 2.17. The maximum absolute atomic E-state index is 12.0. The fourth-order valence-electron chi connectivity index (χ4n) is 2.33. The molecule has 0 radical (unpaired) electrons. The summed E-state index contributed by atoms with van der Waals surface area (Å²) in [7, 11) is 0. The van der Waals surface area contributed by atoms with Gasteiger partial charge in [-0.15, -0.1) is 0 Å². The molecule has 0 aliphatic heterocycles. The van der Waals surface area contributed by atoms with Gasteiger partial charge >= 0.3 is 5.69 Å². The molecule has 1 N–H and O–H groups in total. The number of Topliss-reactive ketones (excluding diaryl/α,β-unsaturated/α-hetero) is 1. The minimum atomic E-state index is -0.588. The van der Waals surface area contributed by atoms with Crippen LogP contribution in [0.3, 0.4) is 0 Å². The molecule has 1 heterocycles. The molecule has 0 atom stereocenters. The normalized spacial score (nSPS) is 10.7. The number of hydrogen-bond donors (Lipinski definition) is 1. The lowest BCUT2D eigenvalue weighted by atomic mass is 10.1. The van der Waals surface area contributed by atoms with Gasteiger partial charge in [-0.25, -0.2) is 9.78 Å². The topological polar surface area (TPSA) is 115 Å². The first kappa shape index (κ1) is 18.7. The minimum absolute atomic E-state index is 0.0454. The molecule has 0 unspecified atom stereocenters. The Morgan fingerprint density at radius 3 is 2.21 bits per heavy atom. The predicted octanol–water partition coefficient (Wildman–Crippen LogP) is 3.11. The van der Waals surface area contributed by atoms with Gasteiger partial charge in [-0.3, -0.25) is 14.9 Å². The number of carbonyl (C=O) groups excluding carboxylic acids is 1. The Morgan fingerprint density at radius 2 is 1.64 bits per heavy atom. The lowest BCUT2D eigenvalue weighted by Crippen LogP contribution is -2.19. The number of aromatic amines is 1. The van der Waals surface area contributed by atoms with E-state index in [0.29, 0.717) is 5.75 Å². The largest absolute Gasteiger partial charge is 0.485 e. The van der Waals surface area contributed by atoms with Gasteiger partial charge in [0.05, 0.1) is 10.6 Å². The Balaban J connectivity index is 1.58. The van der Waals surface area contributed by atoms with Gasteiger partial charge in [-0.2, -0.15) is 0 Å². The summed E-state index contributed by atoms with van der Waals surface area (Å²) in [6.45, 7) is -0.210. The van der Waals surface area contributed by atoms with Gasteiger partial charge < -0.3 is 9.72 Å². The molecule has 3 aromatic rings. The van der Waals surface area contributed by atoms with Gasteiger partial charge in [0.2, 0.25) is 5.78 Å². The Bertz CT molecular complexity index is 1070. The van der Waals surface area contributed by atoms with E-state index in [1.165, 1.54) is 24.4 Å². The second kappa shape index (κ2) is 8.54. The van der Waals surface area contributed by atoms with Crippen LogP contribution in [0, 0.1) is 10.1 Å². The molecule has 0 aliphatic carbocycles. The quantitative estimate of drug-likeness (QED) is 0.293. The standard InChI is InChI=1S/C20H15N3O5/c24-19(18-11-12-21-20(25)22-18)13-28-17-9-5-15(6-10-17)2-1-14-3-7-16(8-4-14)23(26)27/h1-12H,13H2,(H,21,22,25)/b2-1+. The average Bonchev–Trinajstić information content (AvgIpc) is 2.71. The molecule has 8 nitrogen and oxygen atoms in total. The van der Waals surface area contributed by atoms with Crippen LogP contribution in [-0.4, -0.2) is 27.3 Å². The van der Waals surface area contributed by atoms with E-state index in [1.54, 1.807) is 24.3 Å². The maximum Gasteiger partial charge on any atom is 0.345 e. The number of carbonyl (C=O) groups is 1. The number of hydrogen-bond acceptors (Lipinski definition) is 6. The average molecular weight is 377 g/mol. The summed E-state index contributed by atoms with van der Waals surface area (Å²) in [4.78, 5) is 39.1. The number of nitrogens with zero attached hydrogens (tertiary/aromatic N) is 2. The summed E-state index contributed by atoms with van der Waals surface area (Å²) in [5, 5.41) is 10.7. The highest BCUT2D eigenvalue weighted by atomic mass is 16.6. The number of ketones is 1. The van der Waals surface area contributed by atoms with Gasteiger partial charge in [0, 0.05) is 18.3 Å². The second-order valence-corrected chi connectivity index (χ2v) is 5.75. The number of nitro benzene ring substituents is 1. The zero-order valence-electron chi connectivity index (χ0n) is 14.6. The minimum Gasteiger partial charge on any atom is -0.485 e. The lowest BCUT2D eigenvalue weighted by molar-refractivity contribution is -0.384. The van der Waals surface area contributed by atoms with Crippen LogP contribution in [0.25, 0.3) is 12.2 Å². The molecule has 0 amide bonds. The molecule has 0 saturated carbocycles. The van der Waals surface area contributed by atoms with Gasteiger partial charge in [0.25, 0.3) is 5.69 Å². The molecule has 0 fully saturated rings. The molecule has 3 rings (SSSR count). The summed E-state index contributed by atoms with van der Waals surface area (Å²) >= 11 is 0. The van der Waals surface area contributed by atoms with E-state index in [-0.39, 0.29) is 23.8 Å². The molecule has 28 heavy (non-hydrogen) atoms. The molecule has 0 saturated heterocycles. The lowest BCUT2D eigenvalue weighted by Gasteiger charge is -2.05. The van der Waals surface area contributed by atoms with E-state index in [1.807, 2.05) is 24.3 Å². The summed E-state index contributed by atoms with van der Waals surface area (Å²) in [6.07, 6.45) is 4.96. The molecule has 1 aromatic heterocycles. The van der Waals surface area contributed by atoms with Crippen molar-refractivity contribution in [1.82, 2.24) is 9.97 Å². The van der Waals surface area contributed by atoms with Gasteiger partial charge in [-0.05, 0) is 41.5 Å². The van der Waals surface area contributed by atoms with E-state index in [9.17, 15) is 19.7 Å². The number of non-ortho nitro benzene ring substituents is 1. The number of aromatic nitrogens is 2. The highest BCUT2D eigenvalue weighted by molar-refractivity contribution is 5.95. The smallest absolute Gasteiger partial charge is 0.345 e. The molecule has 0 bridgehead atoms. The van der Waals surface area contributed by atoms with Crippen LogP contribution in [0.4, 0.5) is 5.69 Å². The number of benzene rings is 2. The van der Waals surface area contributed by atoms with Crippen LogP contribution in [0.1, 0.15) is 21.6 Å². The summed E-state index contributed by atoms with van der Waals surface area (Å²) in [5.74, 6) is 0.152. The number of nitro groups is 1. The van der Waals surface area contributed by atoms with Crippen LogP contribution in [0.2, 0.25) is 0 Å². The molecule has 0 aliphatic rings. The number of rotatable bonds is 7. The van der Waals surface area contributed by atoms with E-state index >= 15 is 0 Å². The van der Waals surface area contributed by atoms with Crippen molar-refractivity contribution in [3.8, 4) is 5.75 Å². The third-order valence-corrected chi connectivity index (χ3v) is 3.80. The van der Waals surface area contributed by atoms with Gasteiger partial charge in [0.15, 0.2) is 6.61 Å². The summed E-state index contributed by atoms with van der Waals surface area (Å²) in [6, 6.07) is 14.7. The van der Waals surface area contributed by atoms with Crippen molar-refractivity contribution < 1.29 is 14.5 Å². The molecule has 140 valence electrons. The Hall–Kier alpha value is -4.07. The predicted molar refractivity (Wildman–Crippen MR) is 103 cm³/mol. The van der Waals surface area contributed by atoms with Gasteiger partial charge in [0.1, 0.15) is 5.75 Å². The van der Waals surface area contributed by atoms with Crippen molar-refractivity contribution in [3.05, 3.63) is 98.2 Å². The van der Waals surface area contributed by atoms with Crippen molar-refractivity contribution in [2.75, 3.05) is 6.61 Å². The first-order chi connectivity index (χ1) is 13.5. The Kier molecular flexibility index (Phi) is 5.71. The zero-order chi connectivity index (χ0) is 19.9. The third kappa shape index (κ3) is 4.98. The van der Waals surface area contributed by atoms with Crippen molar-refractivity contribution >= 4 is 23.6 Å². The Morgan fingerprint density at radius 1 is 1.04 bits per heavy atom. The van der Waals surface area contributed by atoms with Crippen molar-refractivity contribution in [2.45, 2.75) is 0 Å². The van der Waals surface area contributed by atoms with Crippen LogP contribution in [0.5, 0.6) is 5.75 Å². The molecule has 0 spiro atoms. The fourth-order valence-corrected chi connectivity index (χ4v) is 2.33. The number of H-pyrrole nitrogens is 1. The summed E-state index contributed by atoms with van der Waals surface area (Å²) < 4.78 is 5.44. The molecule has 8 heteroatoms. The SMILES string of the molecule is O=C(COc1ccc(/C=C/c2ccc([N+](=O)[O-])cc2)cc1)c1ccnc(=O)[nH]1. The number of nitrogens with one attached hydrogen (secondary N) is 1. The van der Waals surface area contributed by atoms with Gasteiger partial charge in [-0.1, -0.05) is 24.3 Å². The van der Waals surface area contributed by atoms with Crippen LogP contribution < -0.4 is 10.4 Å². The molecule has 2 aromatic carbocycles. The monoisotopic (exact) mass is 377 g/mol. The van der Waals surface area contributed by atoms with Crippen molar-refractivity contribution in [1.29, 1.82) is 0 Å². The van der Waals surface area contributed by atoms with Crippen LogP contribution in [0.15, 0.2) is 65.6 Å². The summed E-state index contributed by atoms with van der Waals surface area (Å²) in [5.41, 5.74) is 1.33. The van der Waals surface area contributed by atoms with E-state index in [4.69, 9.17) is 4.74 Å². The Labute approximate surface area is 159 Å². The maximum atomic E-state index is 12.0. The first-order valence-electron chi connectivity index (χ1n) is 8.25. The molecular weight excluding hydrogens is 362 g/mol. The fraction of sp³-hybridized carbons (Fsp3) is 0.0500. The van der Waals surface area contributed by atoms with Crippen LogP contribution in [-0.2, 0) is 0 Å². The second-order valence-electron chi connectivity index (χ2n) is 5.75. The molecular formula is C20H15N3O5. The first-order valence-corrected chi connectivity index (χ1v) is 8.25. The highest BCUT2D eigenvalue weighted by Gasteiger charge is 2.08. The third-order valence-electron chi connectivity index (χ3n) is 3.80. The van der Waals surface area contributed by atoms with E-state index < -0.39 is 10.6 Å². The van der Waals surface area contributed by atoms with E-state index in [0.717, 1.165) is 11.1 Å². The van der Waals surface area contributed by atoms with Crippen molar-refractivity contribution in [3.63, 3.8) is 0 Å².